The number of likely N-dealkylation sites (N-methyl/N-ethyl adjacent to an activating group) is 1. The molecule has 0 saturated carbocycles. The van der Waals surface area contributed by atoms with Gasteiger partial charge in [0.05, 0.1) is 17.7 Å². The van der Waals surface area contributed by atoms with Gasteiger partial charge in [-0.15, -0.1) is 0 Å². The van der Waals surface area contributed by atoms with Gasteiger partial charge in [-0.1, -0.05) is 29.8 Å². The number of aromatic nitrogens is 1. The summed E-state index contributed by atoms with van der Waals surface area (Å²) in [6.45, 7) is 0.214. The van der Waals surface area contributed by atoms with E-state index in [0.717, 1.165) is 5.39 Å². The van der Waals surface area contributed by atoms with E-state index in [-0.39, 0.29) is 24.2 Å². The molecule has 1 aromatic carbocycles. The predicted octanol–water partition coefficient (Wildman–Crippen LogP) is 1.95. The number of fused-ring (bicyclic) bond motifs is 1. The van der Waals surface area contributed by atoms with Crippen LogP contribution < -0.4 is 0 Å². The predicted molar refractivity (Wildman–Crippen MR) is 70.8 cm³/mol. The van der Waals surface area contributed by atoms with E-state index in [4.69, 9.17) is 16.7 Å². The molecule has 2 aromatic rings. The van der Waals surface area contributed by atoms with Gasteiger partial charge in [-0.05, 0) is 12.1 Å². The number of aliphatic hydroxyl groups is 1. The van der Waals surface area contributed by atoms with E-state index in [1.165, 1.54) is 4.90 Å². The van der Waals surface area contributed by atoms with Crippen molar-refractivity contribution in [1.29, 1.82) is 0 Å². The lowest BCUT2D eigenvalue weighted by Gasteiger charge is -2.16. The highest BCUT2D eigenvalue weighted by atomic mass is 35.5. The molecule has 1 N–H and O–H groups in total. The van der Waals surface area contributed by atoms with E-state index in [1.54, 1.807) is 13.1 Å². The highest BCUT2D eigenvalue weighted by Crippen LogP contribution is 2.21. The number of benzene rings is 1. The first-order valence-corrected chi connectivity index (χ1v) is 5.93. The molecule has 0 fully saturated rings. The summed E-state index contributed by atoms with van der Waals surface area (Å²) in [5, 5.41) is 9.92. The number of carbonyl (C=O) groups excluding carboxylic acids is 1. The summed E-state index contributed by atoms with van der Waals surface area (Å²) in [5.74, 6) is -0.176. The maximum absolute atomic E-state index is 12.2. The second kappa shape index (κ2) is 5.33. The number of hydrogen-bond donors (Lipinski definition) is 1. The Hall–Kier alpha value is -1.65. The fourth-order valence-electron chi connectivity index (χ4n) is 1.78. The zero-order valence-corrected chi connectivity index (χ0v) is 10.7. The number of rotatable bonds is 3. The smallest absolute Gasteiger partial charge is 0.254 e. The zero-order valence-electron chi connectivity index (χ0n) is 9.93. The van der Waals surface area contributed by atoms with Crippen LogP contribution in [0.4, 0.5) is 0 Å². The summed E-state index contributed by atoms with van der Waals surface area (Å²) in [4.78, 5) is 17.9. The highest BCUT2D eigenvalue weighted by Gasteiger charge is 2.15. The third-order valence-electron chi connectivity index (χ3n) is 2.70. The van der Waals surface area contributed by atoms with E-state index >= 15 is 0 Å². The molecular weight excluding hydrogens is 252 g/mol. The first kappa shape index (κ1) is 12.8. The minimum Gasteiger partial charge on any atom is -0.395 e. The molecule has 0 aliphatic heterocycles. The molecule has 1 heterocycles. The van der Waals surface area contributed by atoms with Gasteiger partial charge in [0.2, 0.25) is 0 Å². The minimum absolute atomic E-state index is 0.0704. The molecule has 0 radical (unpaired) electrons. The third kappa shape index (κ3) is 2.44. The first-order valence-electron chi connectivity index (χ1n) is 5.55. The van der Waals surface area contributed by atoms with Gasteiger partial charge in [0.15, 0.2) is 0 Å². The maximum atomic E-state index is 12.2. The van der Waals surface area contributed by atoms with Crippen molar-refractivity contribution in [3.05, 3.63) is 41.0 Å². The van der Waals surface area contributed by atoms with Gasteiger partial charge in [0.25, 0.3) is 5.91 Å². The molecule has 0 saturated heterocycles. The average Bonchev–Trinajstić information content (AvgIpc) is 2.37. The van der Waals surface area contributed by atoms with Crippen LogP contribution >= 0.6 is 11.6 Å². The molecule has 5 heteroatoms. The van der Waals surface area contributed by atoms with Crippen molar-refractivity contribution in [2.75, 3.05) is 20.2 Å². The molecule has 1 aromatic heterocycles. The second-order valence-corrected chi connectivity index (χ2v) is 4.35. The van der Waals surface area contributed by atoms with Gasteiger partial charge in [-0.25, -0.2) is 4.98 Å². The number of pyridine rings is 1. The van der Waals surface area contributed by atoms with Crippen LogP contribution in [-0.2, 0) is 0 Å². The number of para-hydroxylation sites is 1. The van der Waals surface area contributed by atoms with Crippen molar-refractivity contribution in [3.63, 3.8) is 0 Å². The third-order valence-corrected chi connectivity index (χ3v) is 2.89. The molecule has 0 unspecified atom stereocenters. The lowest BCUT2D eigenvalue weighted by atomic mass is 10.1. The fourth-order valence-corrected chi connectivity index (χ4v) is 1.98. The average molecular weight is 265 g/mol. The van der Waals surface area contributed by atoms with Crippen molar-refractivity contribution in [2.45, 2.75) is 0 Å². The van der Waals surface area contributed by atoms with E-state index in [9.17, 15) is 4.79 Å². The van der Waals surface area contributed by atoms with Crippen LogP contribution in [0.2, 0.25) is 5.15 Å². The number of amides is 1. The fraction of sp³-hybridized carbons (Fsp3) is 0.231. The molecule has 94 valence electrons. The summed E-state index contributed by atoms with van der Waals surface area (Å²) in [5.41, 5.74) is 1.19. The maximum Gasteiger partial charge on any atom is 0.254 e. The lowest BCUT2D eigenvalue weighted by molar-refractivity contribution is 0.0769. The van der Waals surface area contributed by atoms with Gasteiger partial charge in [0, 0.05) is 19.0 Å². The summed E-state index contributed by atoms with van der Waals surface area (Å²) >= 11 is 5.92. The van der Waals surface area contributed by atoms with Gasteiger partial charge < -0.3 is 10.0 Å². The minimum atomic E-state index is -0.176. The molecule has 0 aliphatic rings. The Bertz CT molecular complexity index is 586. The van der Waals surface area contributed by atoms with Gasteiger partial charge >= 0.3 is 0 Å². The summed E-state index contributed by atoms with van der Waals surface area (Å²) in [6.07, 6.45) is 0. The molecule has 2 rings (SSSR count). The quantitative estimate of drug-likeness (QED) is 0.862. The topological polar surface area (TPSA) is 53.4 Å². The molecule has 18 heavy (non-hydrogen) atoms. The van der Waals surface area contributed by atoms with Crippen LogP contribution in [0.3, 0.4) is 0 Å². The number of carbonyl (C=O) groups is 1. The summed E-state index contributed by atoms with van der Waals surface area (Å²) in [7, 11) is 1.64. The summed E-state index contributed by atoms with van der Waals surface area (Å²) in [6, 6.07) is 8.89. The van der Waals surface area contributed by atoms with E-state index < -0.39 is 0 Å². The Labute approximate surface area is 110 Å². The molecule has 0 spiro atoms. The van der Waals surface area contributed by atoms with Crippen molar-refractivity contribution in [3.8, 4) is 0 Å². The number of nitrogens with zero attached hydrogens (tertiary/aromatic N) is 2. The monoisotopic (exact) mass is 264 g/mol. The zero-order chi connectivity index (χ0) is 13.1. The SMILES string of the molecule is CN(CCO)C(=O)c1cc(Cl)nc2ccccc12. The molecular formula is C13H13ClN2O2. The number of halogens is 1. The van der Waals surface area contributed by atoms with E-state index in [0.29, 0.717) is 11.1 Å². The largest absolute Gasteiger partial charge is 0.395 e. The Morgan fingerprint density at radius 1 is 1.44 bits per heavy atom. The Balaban J connectivity index is 2.53. The van der Waals surface area contributed by atoms with Crippen LogP contribution in [0.15, 0.2) is 30.3 Å². The summed E-state index contributed by atoms with van der Waals surface area (Å²) < 4.78 is 0. The van der Waals surface area contributed by atoms with Gasteiger partial charge in [-0.2, -0.15) is 0 Å². The molecule has 0 atom stereocenters. The molecule has 0 bridgehead atoms. The van der Waals surface area contributed by atoms with Crippen molar-refractivity contribution < 1.29 is 9.90 Å². The second-order valence-electron chi connectivity index (χ2n) is 3.96. The number of hydrogen-bond acceptors (Lipinski definition) is 3. The van der Waals surface area contributed by atoms with Crippen LogP contribution in [0.25, 0.3) is 10.9 Å². The normalized spacial score (nSPS) is 10.6. The standard InChI is InChI=1S/C13H13ClN2O2/c1-16(6-7-17)13(18)10-8-12(14)15-11-5-3-2-4-9(10)11/h2-5,8,17H,6-7H2,1H3. The van der Waals surface area contributed by atoms with Gasteiger partial charge in [0.1, 0.15) is 5.15 Å². The lowest BCUT2D eigenvalue weighted by Crippen LogP contribution is -2.29. The first-order chi connectivity index (χ1) is 8.63. The Kier molecular flexibility index (Phi) is 3.79. The Morgan fingerprint density at radius 2 is 2.17 bits per heavy atom. The van der Waals surface area contributed by atoms with Crippen LogP contribution in [-0.4, -0.2) is 41.1 Å². The van der Waals surface area contributed by atoms with Gasteiger partial charge in [-0.3, -0.25) is 4.79 Å². The highest BCUT2D eigenvalue weighted by molar-refractivity contribution is 6.30. The van der Waals surface area contributed by atoms with Crippen molar-refractivity contribution in [1.82, 2.24) is 9.88 Å². The Morgan fingerprint density at radius 3 is 2.89 bits per heavy atom. The van der Waals surface area contributed by atoms with Crippen LogP contribution in [0, 0.1) is 0 Å². The van der Waals surface area contributed by atoms with Crippen molar-refractivity contribution in [2.24, 2.45) is 0 Å². The van der Waals surface area contributed by atoms with E-state index in [2.05, 4.69) is 4.98 Å². The number of aliphatic hydroxyl groups excluding tert-OH is 1. The van der Waals surface area contributed by atoms with Crippen LogP contribution in [0.1, 0.15) is 10.4 Å². The molecule has 4 nitrogen and oxygen atoms in total. The molecule has 0 aliphatic carbocycles. The van der Waals surface area contributed by atoms with Crippen LogP contribution in [0.5, 0.6) is 0 Å². The van der Waals surface area contributed by atoms with E-state index in [1.807, 2.05) is 24.3 Å². The van der Waals surface area contributed by atoms with Crippen molar-refractivity contribution >= 4 is 28.4 Å². The molecule has 1 amide bonds.